The van der Waals surface area contributed by atoms with E-state index in [9.17, 15) is 4.79 Å². The highest BCUT2D eigenvalue weighted by Gasteiger charge is 2.51. The Morgan fingerprint density at radius 2 is 1.74 bits per heavy atom. The Labute approximate surface area is 113 Å². The van der Waals surface area contributed by atoms with Gasteiger partial charge in [-0.3, -0.25) is 4.79 Å². The molecule has 5 nitrogen and oxygen atoms in total. The second kappa shape index (κ2) is 4.47. The van der Waals surface area contributed by atoms with Crippen LogP contribution in [0.5, 0.6) is 0 Å². The summed E-state index contributed by atoms with van der Waals surface area (Å²) in [6.07, 6.45) is 0. The van der Waals surface area contributed by atoms with Gasteiger partial charge in [0, 0.05) is 17.8 Å². The Bertz CT molecular complexity index is 521. The molecule has 1 atom stereocenters. The first kappa shape index (κ1) is 14.3. The standard InChI is InChI=1S/C13H21BN2O3/c1-8(15)10-6-9(7-11(17)16-10)14-18-12(2,3)13(4,5)19-14/h6-8H,15H2,1-5H3,(H,16,17). The maximum Gasteiger partial charge on any atom is 0.495 e. The molecule has 1 aliphatic heterocycles. The summed E-state index contributed by atoms with van der Waals surface area (Å²) in [5, 5.41) is 0. The summed E-state index contributed by atoms with van der Waals surface area (Å²) in [7, 11) is -0.537. The van der Waals surface area contributed by atoms with Crippen LogP contribution in [0.2, 0.25) is 0 Å². The molecule has 0 amide bonds. The first-order valence-electron chi connectivity index (χ1n) is 6.48. The van der Waals surface area contributed by atoms with Crippen LogP contribution < -0.4 is 16.8 Å². The predicted molar refractivity (Wildman–Crippen MR) is 75.4 cm³/mol. The van der Waals surface area contributed by atoms with Gasteiger partial charge in [0.1, 0.15) is 0 Å². The van der Waals surface area contributed by atoms with E-state index in [1.807, 2.05) is 40.7 Å². The molecule has 2 rings (SSSR count). The lowest BCUT2D eigenvalue weighted by Crippen LogP contribution is -2.41. The summed E-state index contributed by atoms with van der Waals surface area (Å²) < 4.78 is 11.8. The van der Waals surface area contributed by atoms with Gasteiger partial charge in [-0.2, -0.15) is 0 Å². The molecule has 0 radical (unpaired) electrons. The molecule has 104 valence electrons. The Balaban J connectivity index is 2.37. The van der Waals surface area contributed by atoms with Gasteiger partial charge in [-0.25, -0.2) is 0 Å². The van der Waals surface area contributed by atoms with E-state index in [-0.39, 0.29) is 11.6 Å². The molecule has 0 aromatic carbocycles. The van der Waals surface area contributed by atoms with E-state index in [0.29, 0.717) is 11.2 Å². The van der Waals surface area contributed by atoms with Crippen LogP contribution in [-0.4, -0.2) is 23.3 Å². The number of H-pyrrole nitrogens is 1. The Kier molecular flexibility index (Phi) is 3.37. The minimum absolute atomic E-state index is 0.195. The second-order valence-electron chi connectivity index (χ2n) is 6.11. The van der Waals surface area contributed by atoms with Gasteiger partial charge in [0.25, 0.3) is 0 Å². The zero-order valence-corrected chi connectivity index (χ0v) is 12.1. The van der Waals surface area contributed by atoms with Crippen molar-refractivity contribution in [2.75, 3.05) is 0 Å². The van der Waals surface area contributed by atoms with Crippen molar-refractivity contribution in [3.8, 4) is 0 Å². The minimum atomic E-state index is -0.537. The van der Waals surface area contributed by atoms with Gasteiger partial charge in [-0.05, 0) is 46.1 Å². The van der Waals surface area contributed by atoms with Gasteiger partial charge < -0.3 is 20.0 Å². The number of nitrogens with one attached hydrogen (secondary N) is 1. The number of pyridine rings is 1. The van der Waals surface area contributed by atoms with Crippen molar-refractivity contribution in [3.63, 3.8) is 0 Å². The van der Waals surface area contributed by atoms with Gasteiger partial charge >= 0.3 is 7.12 Å². The third-order valence-electron chi connectivity index (χ3n) is 3.90. The van der Waals surface area contributed by atoms with Crippen molar-refractivity contribution in [2.45, 2.75) is 51.9 Å². The van der Waals surface area contributed by atoms with Crippen LogP contribution in [0.15, 0.2) is 16.9 Å². The summed E-state index contributed by atoms with van der Waals surface area (Å²) in [4.78, 5) is 14.4. The van der Waals surface area contributed by atoms with E-state index in [2.05, 4.69) is 4.98 Å². The molecule has 19 heavy (non-hydrogen) atoms. The van der Waals surface area contributed by atoms with Gasteiger partial charge in [-0.1, -0.05) is 0 Å². The number of hydrogen-bond donors (Lipinski definition) is 2. The topological polar surface area (TPSA) is 77.3 Å². The van der Waals surface area contributed by atoms with Crippen molar-refractivity contribution < 1.29 is 9.31 Å². The Morgan fingerprint density at radius 3 is 2.21 bits per heavy atom. The summed E-state index contributed by atoms with van der Waals surface area (Å²) in [5.74, 6) is 0. The van der Waals surface area contributed by atoms with Crippen molar-refractivity contribution in [1.29, 1.82) is 0 Å². The van der Waals surface area contributed by atoms with Crippen LogP contribution in [0, 0.1) is 0 Å². The zero-order chi connectivity index (χ0) is 14.4. The molecule has 0 saturated carbocycles. The molecule has 6 heteroatoms. The first-order chi connectivity index (χ1) is 8.62. The van der Waals surface area contributed by atoms with Crippen LogP contribution in [0.4, 0.5) is 0 Å². The van der Waals surface area contributed by atoms with Crippen LogP contribution >= 0.6 is 0 Å². The molecule has 1 aromatic heterocycles. The fourth-order valence-corrected chi connectivity index (χ4v) is 1.95. The Morgan fingerprint density at radius 1 is 1.21 bits per heavy atom. The fraction of sp³-hybridized carbons (Fsp3) is 0.615. The van der Waals surface area contributed by atoms with Gasteiger partial charge in [-0.15, -0.1) is 0 Å². The number of hydrogen-bond acceptors (Lipinski definition) is 4. The maximum absolute atomic E-state index is 11.7. The van der Waals surface area contributed by atoms with Crippen molar-refractivity contribution >= 4 is 12.6 Å². The second-order valence-corrected chi connectivity index (χ2v) is 6.11. The third-order valence-corrected chi connectivity index (χ3v) is 3.90. The SMILES string of the molecule is CC(N)c1cc(B2OC(C)(C)C(C)(C)O2)cc(=O)[nH]1. The van der Waals surface area contributed by atoms with E-state index in [1.54, 1.807) is 0 Å². The maximum atomic E-state index is 11.7. The highest BCUT2D eigenvalue weighted by atomic mass is 16.7. The lowest BCUT2D eigenvalue weighted by Gasteiger charge is -2.32. The number of aromatic nitrogens is 1. The molecule has 1 fully saturated rings. The minimum Gasteiger partial charge on any atom is -0.399 e. The molecule has 1 aromatic rings. The summed E-state index contributed by atoms with van der Waals surface area (Å²) >= 11 is 0. The van der Waals surface area contributed by atoms with Crippen LogP contribution in [0.25, 0.3) is 0 Å². The highest BCUT2D eigenvalue weighted by Crippen LogP contribution is 2.36. The zero-order valence-electron chi connectivity index (χ0n) is 12.1. The van der Waals surface area contributed by atoms with Crippen molar-refractivity contribution in [1.82, 2.24) is 4.98 Å². The quantitative estimate of drug-likeness (QED) is 0.770. The summed E-state index contributed by atoms with van der Waals surface area (Å²) in [6.45, 7) is 9.73. The molecular weight excluding hydrogens is 243 g/mol. The predicted octanol–water partition coefficient (Wildman–Crippen LogP) is 0.694. The largest absolute Gasteiger partial charge is 0.495 e. The molecule has 1 saturated heterocycles. The number of aromatic amines is 1. The van der Waals surface area contributed by atoms with E-state index in [4.69, 9.17) is 15.0 Å². The molecule has 1 unspecified atom stereocenters. The van der Waals surface area contributed by atoms with Gasteiger partial charge in [0.15, 0.2) is 0 Å². The van der Waals surface area contributed by atoms with Crippen LogP contribution in [0.1, 0.15) is 46.4 Å². The molecule has 0 bridgehead atoms. The normalized spacial score (nSPS) is 22.5. The number of nitrogens with two attached hydrogens (primary N) is 1. The van der Waals surface area contributed by atoms with E-state index < -0.39 is 18.3 Å². The summed E-state index contributed by atoms with van der Waals surface area (Å²) in [5.41, 5.74) is 6.15. The Hall–Kier alpha value is -1.11. The monoisotopic (exact) mass is 264 g/mol. The average molecular weight is 264 g/mol. The van der Waals surface area contributed by atoms with Crippen LogP contribution in [-0.2, 0) is 9.31 Å². The molecule has 1 aliphatic rings. The molecule has 0 spiro atoms. The molecule has 0 aliphatic carbocycles. The van der Waals surface area contributed by atoms with E-state index in [0.717, 1.165) is 0 Å². The van der Waals surface area contributed by atoms with Crippen LogP contribution in [0.3, 0.4) is 0 Å². The lowest BCUT2D eigenvalue weighted by atomic mass is 9.79. The lowest BCUT2D eigenvalue weighted by molar-refractivity contribution is 0.00578. The number of rotatable bonds is 2. The fourth-order valence-electron chi connectivity index (χ4n) is 1.95. The van der Waals surface area contributed by atoms with E-state index in [1.165, 1.54) is 6.07 Å². The molecular formula is C13H21BN2O3. The highest BCUT2D eigenvalue weighted by molar-refractivity contribution is 6.62. The smallest absolute Gasteiger partial charge is 0.399 e. The van der Waals surface area contributed by atoms with Crippen molar-refractivity contribution in [3.05, 3.63) is 28.2 Å². The van der Waals surface area contributed by atoms with Gasteiger partial charge in [0.05, 0.1) is 11.2 Å². The molecule has 3 N–H and O–H groups in total. The third kappa shape index (κ3) is 2.61. The van der Waals surface area contributed by atoms with Gasteiger partial charge in [0.2, 0.25) is 5.56 Å². The average Bonchev–Trinajstić information content (AvgIpc) is 2.47. The van der Waals surface area contributed by atoms with E-state index >= 15 is 0 Å². The summed E-state index contributed by atoms with van der Waals surface area (Å²) in [6, 6.07) is 3.08. The van der Waals surface area contributed by atoms with Crippen molar-refractivity contribution in [2.24, 2.45) is 5.73 Å². The molecule has 2 heterocycles. The first-order valence-corrected chi connectivity index (χ1v) is 6.48.